The summed E-state index contributed by atoms with van der Waals surface area (Å²) < 4.78 is 53.8. The maximum atomic E-state index is 13.8. The summed E-state index contributed by atoms with van der Waals surface area (Å²) in [5.74, 6) is 2.73. The maximum Gasteiger partial charge on any atom is 0.412 e. The topological polar surface area (TPSA) is 8.17 Å². The van der Waals surface area contributed by atoms with E-state index in [0.717, 1.165) is 47.7 Å². The molecule has 0 atom stereocenters. The molecular weight excluding hydrogens is 356 g/mol. The molecule has 2 nitrogen and oxygen atoms in total. The molecule has 0 N–H and O–H groups in total. The summed E-state index contributed by atoms with van der Waals surface area (Å²) in [6.07, 6.45) is -0.692. The fourth-order valence-corrected chi connectivity index (χ4v) is 3.70. The number of halogens is 4. The van der Waals surface area contributed by atoms with Gasteiger partial charge in [0.25, 0.3) is 0 Å². The van der Waals surface area contributed by atoms with Crippen LogP contribution in [0.3, 0.4) is 0 Å². The van der Waals surface area contributed by atoms with E-state index in [9.17, 15) is 17.6 Å². The van der Waals surface area contributed by atoms with Crippen molar-refractivity contribution in [1.82, 2.24) is 9.47 Å². The highest BCUT2D eigenvalue weighted by molar-refractivity contribution is 5.87. The van der Waals surface area contributed by atoms with Crippen LogP contribution in [-0.4, -0.2) is 29.2 Å². The molecule has 0 radical (unpaired) electrons. The minimum atomic E-state index is -4.28. The molecule has 2 aliphatic rings. The number of allylic oxidation sites excluding steroid dienone is 4. The highest BCUT2D eigenvalue weighted by atomic mass is 19.4. The zero-order valence-electron chi connectivity index (χ0n) is 14.8. The smallest absolute Gasteiger partial charge is 0.302 e. The summed E-state index contributed by atoms with van der Waals surface area (Å²) in [6, 6.07) is 7.76. The van der Waals surface area contributed by atoms with Crippen LogP contribution >= 0.6 is 0 Å². The lowest BCUT2D eigenvalue weighted by Gasteiger charge is -2.23. The molecule has 0 amide bonds. The van der Waals surface area contributed by atoms with E-state index < -0.39 is 11.7 Å². The van der Waals surface area contributed by atoms with Crippen molar-refractivity contribution >= 4 is 10.9 Å². The van der Waals surface area contributed by atoms with Gasteiger partial charge in [-0.15, -0.1) is 0 Å². The first-order valence-electron chi connectivity index (χ1n) is 8.82. The van der Waals surface area contributed by atoms with Crippen molar-refractivity contribution in [1.29, 1.82) is 0 Å². The Morgan fingerprint density at radius 3 is 2.59 bits per heavy atom. The van der Waals surface area contributed by atoms with E-state index in [1.165, 1.54) is 18.2 Å². The van der Waals surface area contributed by atoms with Gasteiger partial charge in [0.15, 0.2) is 0 Å². The molecular formula is C21H18F4N2. The van der Waals surface area contributed by atoms with E-state index in [0.29, 0.717) is 5.57 Å². The number of likely N-dealkylation sites (N-methyl/N-ethyl adjacent to an activating group) is 1. The molecule has 1 aromatic heterocycles. The van der Waals surface area contributed by atoms with Crippen LogP contribution in [0.2, 0.25) is 0 Å². The second-order valence-corrected chi connectivity index (χ2v) is 7.03. The Kier molecular flexibility index (Phi) is 4.35. The molecule has 0 bridgehead atoms. The predicted molar refractivity (Wildman–Crippen MR) is 96.6 cm³/mol. The molecule has 140 valence electrons. The summed E-state index contributed by atoms with van der Waals surface area (Å²) in [4.78, 5) is 2.18. The van der Waals surface area contributed by atoms with E-state index in [1.807, 2.05) is 11.6 Å². The van der Waals surface area contributed by atoms with Gasteiger partial charge in [-0.1, -0.05) is 12.2 Å². The van der Waals surface area contributed by atoms with Crippen LogP contribution in [0, 0.1) is 17.8 Å². The van der Waals surface area contributed by atoms with E-state index in [-0.39, 0.29) is 18.7 Å². The van der Waals surface area contributed by atoms with Crippen molar-refractivity contribution in [3.8, 4) is 12.0 Å². The second-order valence-electron chi connectivity index (χ2n) is 7.03. The number of nitrogens with zero attached hydrogens (tertiary/aromatic N) is 2. The molecule has 2 aromatic rings. The number of rotatable bonds is 0. The lowest BCUT2D eigenvalue weighted by atomic mass is 9.98. The number of hydrogen-bond acceptors (Lipinski definition) is 1. The Bertz CT molecular complexity index is 1030. The molecule has 0 saturated heterocycles. The van der Waals surface area contributed by atoms with Crippen molar-refractivity contribution < 1.29 is 17.6 Å². The largest absolute Gasteiger partial charge is 0.412 e. The van der Waals surface area contributed by atoms with Gasteiger partial charge < -0.3 is 4.90 Å². The minimum Gasteiger partial charge on any atom is -0.302 e. The third-order valence-corrected chi connectivity index (χ3v) is 5.14. The normalized spacial score (nSPS) is 17.8. The Labute approximate surface area is 154 Å². The van der Waals surface area contributed by atoms with Crippen LogP contribution in [0.5, 0.6) is 0 Å². The highest BCUT2D eigenvalue weighted by Crippen LogP contribution is 2.33. The van der Waals surface area contributed by atoms with Crippen molar-refractivity contribution in [2.75, 3.05) is 13.6 Å². The van der Waals surface area contributed by atoms with Gasteiger partial charge in [0.05, 0.1) is 5.52 Å². The average molecular weight is 374 g/mol. The SMILES string of the molecule is CN1CCc2c(c3cc(F)ccc3n2C#CC2=CC=C(C(F)(F)F)CC2)C1. The predicted octanol–water partition coefficient (Wildman–Crippen LogP) is 4.79. The van der Waals surface area contributed by atoms with Gasteiger partial charge in [0, 0.05) is 47.8 Å². The van der Waals surface area contributed by atoms with Gasteiger partial charge in [-0.3, -0.25) is 4.57 Å². The molecule has 1 aliphatic heterocycles. The van der Waals surface area contributed by atoms with Crippen LogP contribution < -0.4 is 0 Å². The van der Waals surface area contributed by atoms with Crippen LogP contribution in [-0.2, 0) is 13.0 Å². The Morgan fingerprint density at radius 1 is 1.07 bits per heavy atom. The molecule has 0 unspecified atom stereocenters. The second kappa shape index (κ2) is 6.58. The average Bonchev–Trinajstić information content (AvgIpc) is 2.92. The van der Waals surface area contributed by atoms with Crippen LogP contribution in [0.15, 0.2) is 41.5 Å². The van der Waals surface area contributed by atoms with E-state index in [4.69, 9.17) is 0 Å². The quantitative estimate of drug-likeness (QED) is 0.476. The lowest BCUT2D eigenvalue weighted by Crippen LogP contribution is -2.27. The van der Waals surface area contributed by atoms with E-state index in [2.05, 4.69) is 16.9 Å². The number of alkyl halides is 3. The molecule has 6 heteroatoms. The Morgan fingerprint density at radius 2 is 1.89 bits per heavy atom. The van der Waals surface area contributed by atoms with Crippen molar-refractivity contribution in [2.45, 2.75) is 32.0 Å². The summed E-state index contributed by atoms with van der Waals surface area (Å²) in [6.45, 7) is 1.61. The zero-order valence-corrected chi connectivity index (χ0v) is 14.8. The van der Waals surface area contributed by atoms with Gasteiger partial charge in [-0.25, -0.2) is 4.39 Å². The zero-order chi connectivity index (χ0) is 19.2. The summed E-state index contributed by atoms with van der Waals surface area (Å²) >= 11 is 0. The number of benzene rings is 1. The van der Waals surface area contributed by atoms with Crippen LogP contribution in [0.1, 0.15) is 24.1 Å². The summed E-state index contributed by atoms with van der Waals surface area (Å²) in [5, 5.41) is 0.850. The van der Waals surface area contributed by atoms with Gasteiger partial charge in [0.2, 0.25) is 0 Å². The maximum absolute atomic E-state index is 13.8. The standard InChI is InChI=1S/C21H18F4N2/c1-26-10-9-20-18(13-26)17-12-16(22)6-7-19(17)27(20)11-8-14-2-4-15(5-3-14)21(23,24)25/h2,4,6-7,12H,3,5,9-10,13H2,1H3. The number of hydrogen-bond donors (Lipinski definition) is 0. The van der Waals surface area contributed by atoms with Crippen molar-refractivity contribution in [3.05, 3.63) is 58.6 Å². The Hall–Kier alpha value is -2.52. The molecule has 1 aromatic carbocycles. The van der Waals surface area contributed by atoms with Gasteiger partial charge >= 0.3 is 6.18 Å². The number of aromatic nitrogens is 1. The molecule has 0 spiro atoms. The highest BCUT2D eigenvalue weighted by Gasteiger charge is 2.33. The molecule has 1 aliphatic carbocycles. The molecule has 27 heavy (non-hydrogen) atoms. The van der Waals surface area contributed by atoms with Gasteiger partial charge in [0.1, 0.15) is 5.82 Å². The van der Waals surface area contributed by atoms with Crippen LogP contribution in [0.4, 0.5) is 17.6 Å². The lowest BCUT2D eigenvalue weighted by molar-refractivity contribution is -0.0940. The first-order valence-corrected chi connectivity index (χ1v) is 8.82. The Balaban J connectivity index is 1.75. The summed E-state index contributed by atoms with van der Waals surface area (Å²) in [7, 11) is 2.02. The molecule has 2 heterocycles. The summed E-state index contributed by atoms with van der Waals surface area (Å²) in [5.41, 5.74) is 3.13. The monoisotopic (exact) mass is 374 g/mol. The minimum absolute atomic E-state index is 0.0510. The third kappa shape index (κ3) is 3.40. The fraction of sp³-hybridized carbons (Fsp3) is 0.333. The molecule has 0 saturated carbocycles. The first kappa shape index (κ1) is 17.9. The van der Waals surface area contributed by atoms with E-state index >= 15 is 0 Å². The van der Waals surface area contributed by atoms with E-state index in [1.54, 1.807) is 6.07 Å². The van der Waals surface area contributed by atoms with Crippen LogP contribution in [0.25, 0.3) is 10.9 Å². The molecule has 0 fully saturated rings. The molecule has 4 rings (SSSR count). The number of fused-ring (bicyclic) bond motifs is 3. The van der Waals surface area contributed by atoms with Crippen molar-refractivity contribution in [2.24, 2.45) is 0 Å². The van der Waals surface area contributed by atoms with Gasteiger partial charge in [-0.2, -0.15) is 13.2 Å². The van der Waals surface area contributed by atoms with Crippen molar-refractivity contribution in [3.63, 3.8) is 0 Å². The fourth-order valence-electron chi connectivity index (χ4n) is 3.70. The first-order chi connectivity index (χ1) is 12.8. The van der Waals surface area contributed by atoms with Gasteiger partial charge in [-0.05, 0) is 49.6 Å². The third-order valence-electron chi connectivity index (χ3n) is 5.14.